The molecule has 1 aliphatic heterocycles. The van der Waals surface area contributed by atoms with Gasteiger partial charge in [-0.25, -0.2) is 0 Å². The lowest BCUT2D eigenvalue weighted by Crippen LogP contribution is -2.28. The van der Waals surface area contributed by atoms with Crippen LogP contribution in [0.5, 0.6) is 0 Å². The average Bonchev–Trinajstić information content (AvgIpc) is 3.67. The molecule has 294 valence electrons. The zero-order valence-corrected chi connectivity index (χ0v) is 36.5. The third-order valence-electron chi connectivity index (χ3n) is 9.93. The Labute approximate surface area is 337 Å². The van der Waals surface area contributed by atoms with Gasteiger partial charge in [-0.15, -0.1) is 12.8 Å². The van der Waals surface area contributed by atoms with Gasteiger partial charge in [0.2, 0.25) is 0 Å². The van der Waals surface area contributed by atoms with Gasteiger partial charge >= 0.3 is 0 Å². The first kappa shape index (κ1) is 48.0. The molecule has 2 heterocycles. The number of nitrogens with zero attached hydrogens (tertiary/aromatic N) is 2. The Morgan fingerprint density at radius 1 is 0.691 bits per heavy atom. The molecule has 0 saturated heterocycles. The summed E-state index contributed by atoms with van der Waals surface area (Å²) in [4.78, 5) is 2.47. The number of terminal acetylenes is 1. The first-order valence-corrected chi connectivity index (χ1v) is 20.4. The Balaban J connectivity index is 0.00000112. The maximum atomic E-state index is 4.00. The molecule has 55 heavy (non-hydrogen) atoms. The van der Waals surface area contributed by atoms with Crippen LogP contribution >= 0.6 is 0 Å². The largest absolute Gasteiger partial charge is 0.341 e. The second-order valence-corrected chi connectivity index (χ2v) is 13.5. The van der Waals surface area contributed by atoms with Crippen LogP contribution in [0, 0.1) is 19.8 Å². The summed E-state index contributed by atoms with van der Waals surface area (Å²) >= 11 is 0. The molecule has 0 spiro atoms. The molecule has 2 nitrogen and oxygen atoms in total. The fourth-order valence-corrected chi connectivity index (χ4v) is 6.59. The van der Waals surface area contributed by atoms with Crippen molar-refractivity contribution in [2.45, 2.75) is 121 Å². The number of allylic oxidation sites excluding steroid dienone is 11. The van der Waals surface area contributed by atoms with Crippen LogP contribution in [0.4, 0.5) is 5.69 Å². The standard InChI is InChI=1S/C41H48N2.2C4H8.C2H6.C2H2/c1-7-9-11-13-18-40(38-25-24-37(28-30(38)3)42-27-26-35-16-14-15-19-41(35)42)34-20-22-36(23-21-34)43-29-31(4)32(5)39(33(43)6)17-12-10-8-2;2*1-3-4-2;2*1-2/h8,10,12,14-17,19-28,40H,7,9,11,13,18,29H2,1-6H3;2*3-4H,1-2H3;1-2H3;1-2H/b10-8-,17-12-;2*4-3-;;. The number of rotatable bonds is 11. The van der Waals surface area contributed by atoms with E-state index in [2.05, 4.69) is 167 Å². The number of hydrogen-bond donors (Lipinski definition) is 0. The minimum Gasteiger partial charge on any atom is -0.341 e. The number of unbranched alkanes of at least 4 members (excludes halogenated alkanes) is 3. The second-order valence-electron chi connectivity index (χ2n) is 13.5. The number of benzene rings is 3. The quantitative estimate of drug-likeness (QED) is 0.0644. The molecule has 3 aromatic carbocycles. The van der Waals surface area contributed by atoms with Gasteiger partial charge in [-0.1, -0.05) is 137 Å². The SMILES string of the molecule is C#C.C/C=C\C.C/C=C\C.C/C=C\C=C/C1=C(C)N(c2ccc(C(CCCCCC)c3ccc(-n4ccc5ccccc54)cc3C)cc2)CC(C)=C1C.CC. The van der Waals surface area contributed by atoms with E-state index in [-0.39, 0.29) is 0 Å². The number of aromatic nitrogens is 1. The summed E-state index contributed by atoms with van der Waals surface area (Å²) in [5.41, 5.74) is 13.4. The first-order chi connectivity index (χ1) is 26.8. The third kappa shape index (κ3) is 14.3. The monoisotopic (exact) mass is 737 g/mol. The number of fused-ring (bicyclic) bond motifs is 1. The van der Waals surface area contributed by atoms with Gasteiger partial charge in [0.25, 0.3) is 0 Å². The molecule has 5 rings (SSSR count). The van der Waals surface area contributed by atoms with Crippen LogP contribution in [-0.2, 0) is 0 Å². The second kappa shape index (κ2) is 27.6. The number of aryl methyl sites for hydroxylation is 1. The van der Waals surface area contributed by atoms with Crippen LogP contribution in [-0.4, -0.2) is 11.1 Å². The molecule has 1 unspecified atom stereocenters. The summed E-state index contributed by atoms with van der Waals surface area (Å²) < 4.78 is 2.31. The fraction of sp³-hybridized carbons (Fsp3) is 0.358. The summed E-state index contributed by atoms with van der Waals surface area (Å²) in [5, 5.41) is 1.28. The normalized spacial score (nSPS) is 13.3. The maximum Gasteiger partial charge on any atom is 0.0528 e. The van der Waals surface area contributed by atoms with Crippen LogP contribution in [0.15, 0.2) is 150 Å². The van der Waals surface area contributed by atoms with E-state index in [1.165, 1.54) is 93.5 Å². The van der Waals surface area contributed by atoms with E-state index in [9.17, 15) is 0 Å². The molecule has 0 bridgehead atoms. The zero-order chi connectivity index (χ0) is 41.2. The van der Waals surface area contributed by atoms with E-state index in [1.54, 1.807) is 0 Å². The van der Waals surface area contributed by atoms with Crippen LogP contribution < -0.4 is 4.90 Å². The highest BCUT2D eigenvalue weighted by molar-refractivity contribution is 5.82. The third-order valence-corrected chi connectivity index (χ3v) is 9.93. The van der Waals surface area contributed by atoms with Gasteiger partial charge in [0, 0.05) is 35.7 Å². The van der Waals surface area contributed by atoms with Gasteiger partial charge in [-0.3, -0.25) is 0 Å². The molecule has 1 aliphatic rings. The summed E-state index contributed by atoms with van der Waals surface area (Å²) in [6, 6.07) is 27.3. The summed E-state index contributed by atoms with van der Waals surface area (Å²) in [6.45, 7) is 26.4. The van der Waals surface area contributed by atoms with Gasteiger partial charge in [0.15, 0.2) is 0 Å². The van der Waals surface area contributed by atoms with Gasteiger partial charge in [0.1, 0.15) is 0 Å². The molecular formula is C53H72N2. The Morgan fingerprint density at radius 2 is 1.31 bits per heavy atom. The number of hydrogen-bond acceptors (Lipinski definition) is 1. The smallest absolute Gasteiger partial charge is 0.0528 e. The topological polar surface area (TPSA) is 8.17 Å². The highest BCUT2D eigenvalue weighted by Gasteiger charge is 2.22. The van der Waals surface area contributed by atoms with Crippen molar-refractivity contribution in [1.82, 2.24) is 4.57 Å². The van der Waals surface area contributed by atoms with Gasteiger partial charge in [0.05, 0.1) is 5.52 Å². The van der Waals surface area contributed by atoms with Crippen molar-refractivity contribution in [3.8, 4) is 18.5 Å². The van der Waals surface area contributed by atoms with Crippen molar-refractivity contribution in [2.75, 3.05) is 11.4 Å². The molecule has 0 radical (unpaired) electrons. The zero-order valence-electron chi connectivity index (χ0n) is 36.5. The van der Waals surface area contributed by atoms with Crippen molar-refractivity contribution < 1.29 is 0 Å². The van der Waals surface area contributed by atoms with E-state index >= 15 is 0 Å². The van der Waals surface area contributed by atoms with E-state index < -0.39 is 0 Å². The molecule has 1 atom stereocenters. The van der Waals surface area contributed by atoms with Crippen molar-refractivity contribution in [1.29, 1.82) is 0 Å². The van der Waals surface area contributed by atoms with Gasteiger partial charge in [-0.05, 0) is 138 Å². The molecule has 0 N–H and O–H groups in total. The summed E-state index contributed by atoms with van der Waals surface area (Å²) in [5.74, 6) is 0.391. The van der Waals surface area contributed by atoms with Crippen molar-refractivity contribution in [3.63, 3.8) is 0 Å². The molecular weight excluding hydrogens is 665 g/mol. The maximum absolute atomic E-state index is 4.00. The minimum atomic E-state index is 0.391. The molecule has 2 heteroatoms. The van der Waals surface area contributed by atoms with Crippen LogP contribution in [0.2, 0.25) is 0 Å². The lowest BCUT2D eigenvalue weighted by molar-refractivity contribution is 0.595. The predicted octanol–water partition coefficient (Wildman–Crippen LogP) is 16.0. The van der Waals surface area contributed by atoms with Crippen LogP contribution in [0.25, 0.3) is 16.6 Å². The fourth-order valence-electron chi connectivity index (χ4n) is 6.59. The Hall–Kier alpha value is -5.00. The van der Waals surface area contributed by atoms with Crippen molar-refractivity contribution in [2.24, 2.45) is 0 Å². The lowest BCUT2D eigenvalue weighted by Gasteiger charge is -2.33. The van der Waals surface area contributed by atoms with E-state index in [0.717, 1.165) is 6.54 Å². The number of para-hydroxylation sites is 1. The summed E-state index contributed by atoms with van der Waals surface area (Å²) in [7, 11) is 0. The van der Waals surface area contributed by atoms with E-state index in [0.29, 0.717) is 5.92 Å². The van der Waals surface area contributed by atoms with Crippen molar-refractivity contribution >= 4 is 16.6 Å². The summed E-state index contributed by atoms with van der Waals surface area (Å²) in [6.07, 6.45) is 33.1. The average molecular weight is 737 g/mol. The lowest BCUT2D eigenvalue weighted by atomic mass is 9.84. The van der Waals surface area contributed by atoms with Gasteiger partial charge < -0.3 is 9.47 Å². The Morgan fingerprint density at radius 3 is 1.89 bits per heavy atom. The predicted molar refractivity (Wildman–Crippen MR) is 250 cm³/mol. The van der Waals surface area contributed by atoms with Crippen LogP contribution in [0.1, 0.15) is 131 Å². The van der Waals surface area contributed by atoms with E-state index in [4.69, 9.17) is 0 Å². The highest BCUT2D eigenvalue weighted by Crippen LogP contribution is 2.37. The molecule has 0 amide bonds. The molecule has 4 aromatic rings. The van der Waals surface area contributed by atoms with Gasteiger partial charge in [-0.2, -0.15) is 0 Å². The van der Waals surface area contributed by atoms with E-state index in [1.807, 2.05) is 65.8 Å². The molecule has 0 saturated carbocycles. The highest BCUT2D eigenvalue weighted by atomic mass is 15.1. The van der Waals surface area contributed by atoms with Crippen LogP contribution in [0.3, 0.4) is 0 Å². The molecule has 1 aromatic heterocycles. The number of anilines is 1. The Bertz CT molecular complexity index is 1860. The molecule has 0 aliphatic carbocycles. The first-order valence-electron chi connectivity index (χ1n) is 20.4. The molecule has 0 fully saturated rings. The minimum absolute atomic E-state index is 0.391. The Kier molecular flexibility index (Phi) is 24.1. The van der Waals surface area contributed by atoms with Crippen molar-refractivity contribution in [3.05, 3.63) is 167 Å².